The van der Waals surface area contributed by atoms with Gasteiger partial charge in [-0.3, -0.25) is 0 Å². The molecule has 0 bridgehead atoms. The first-order valence-corrected chi connectivity index (χ1v) is 14.9. The van der Waals surface area contributed by atoms with Crippen LogP contribution in [0.15, 0.2) is 0 Å². The van der Waals surface area contributed by atoms with Crippen LogP contribution in [-0.4, -0.2) is 5.16 Å². The Labute approximate surface area is 256 Å². The zero-order valence-electron chi connectivity index (χ0n) is 22.8. The van der Waals surface area contributed by atoms with Gasteiger partial charge in [0, 0.05) is 0 Å². The molecule has 0 atom stereocenters. The van der Waals surface area contributed by atoms with E-state index in [-0.39, 0.29) is 20.8 Å². The van der Waals surface area contributed by atoms with Gasteiger partial charge in [-0.05, 0) is 0 Å². The molecule has 0 aliphatic rings. The fraction of sp³-hybridized carbons (Fsp3) is 0.280. The molecule has 0 N–H and O–H groups in total. The zero-order chi connectivity index (χ0) is 37.8. The standard InChI is InChI=1S/C25H9ClF21P/c1-22(2,3)48(26,19-13(33)7(27)4(23(39,40)41)8(28)14(19)34,20-15(35)9(29)5(24(42,43)44)10(30)16(20)36)21-17(37)11(31)6(25(45,46)47)12(32)18(21)38/h1-3H3. The molecule has 48 heavy (non-hydrogen) atoms. The summed E-state index contributed by atoms with van der Waals surface area (Å²) in [5, 5.41) is -13.7. The minimum absolute atomic E-state index is 0.0584. The predicted octanol–water partition coefficient (Wildman–Crippen LogP) is 10.2. The predicted molar refractivity (Wildman–Crippen MR) is 125 cm³/mol. The van der Waals surface area contributed by atoms with Gasteiger partial charge in [0.05, 0.1) is 0 Å². The molecule has 3 aromatic carbocycles. The Hall–Kier alpha value is -3.09. The SMILES string of the molecule is CC(C)(C)P(Cl)(c1c(F)c(F)c(C(F)(F)F)c(F)c1F)(c1c(F)c(F)c(C(F)(F)F)c(F)c1F)c1c(F)c(F)c(C(F)(F)F)c(F)c1F. The molecule has 23 heteroatoms. The number of hydrogen-bond donors (Lipinski definition) is 0. The Morgan fingerprint density at radius 3 is 0.583 bits per heavy atom. The molecule has 0 nitrogen and oxygen atoms in total. The van der Waals surface area contributed by atoms with Crippen LogP contribution in [0.25, 0.3) is 0 Å². The van der Waals surface area contributed by atoms with Crippen molar-refractivity contribution in [2.45, 2.75) is 44.5 Å². The first-order chi connectivity index (χ1) is 21.2. The van der Waals surface area contributed by atoms with Crippen molar-refractivity contribution >= 4 is 33.1 Å². The number of alkyl halides is 9. The molecule has 0 radical (unpaired) electrons. The molecular formula is C25H9ClF21P. The summed E-state index contributed by atoms with van der Waals surface area (Å²) < 4.78 is 305. The average molecular weight is 775 g/mol. The van der Waals surface area contributed by atoms with Crippen LogP contribution < -0.4 is 15.9 Å². The summed E-state index contributed by atoms with van der Waals surface area (Å²) in [6.45, 7) is 0.175. The van der Waals surface area contributed by atoms with Crippen molar-refractivity contribution < 1.29 is 92.2 Å². The third kappa shape index (κ3) is 4.99. The van der Waals surface area contributed by atoms with E-state index in [1.165, 1.54) is 0 Å². The van der Waals surface area contributed by atoms with Crippen LogP contribution >= 0.6 is 17.2 Å². The molecule has 0 heterocycles. The summed E-state index contributed by atoms with van der Waals surface area (Å²) in [5.41, 5.74) is -10.8. The zero-order valence-corrected chi connectivity index (χ0v) is 24.4. The summed E-state index contributed by atoms with van der Waals surface area (Å²) in [7, 11) is 0. The van der Waals surface area contributed by atoms with Gasteiger partial charge in [-0.1, -0.05) is 0 Å². The van der Waals surface area contributed by atoms with Crippen molar-refractivity contribution in [3.8, 4) is 0 Å². The summed E-state index contributed by atoms with van der Waals surface area (Å²) in [6, 6.07) is 0. The molecule has 268 valence electrons. The first-order valence-electron chi connectivity index (χ1n) is 11.8. The van der Waals surface area contributed by atoms with E-state index in [1.807, 2.05) is 0 Å². The van der Waals surface area contributed by atoms with Crippen molar-refractivity contribution in [2.75, 3.05) is 0 Å². The third-order valence-electron chi connectivity index (χ3n) is 7.09. The van der Waals surface area contributed by atoms with Crippen molar-refractivity contribution in [2.24, 2.45) is 0 Å². The van der Waals surface area contributed by atoms with E-state index in [9.17, 15) is 65.9 Å². The van der Waals surface area contributed by atoms with Crippen LogP contribution in [-0.2, 0) is 18.5 Å². The van der Waals surface area contributed by atoms with Crippen LogP contribution in [0.5, 0.6) is 0 Å². The van der Waals surface area contributed by atoms with Crippen LogP contribution in [0, 0.1) is 69.8 Å². The van der Waals surface area contributed by atoms with E-state index >= 15 is 26.3 Å². The van der Waals surface area contributed by atoms with Crippen LogP contribution in [0.2, 0.25) is 0 Å². The average Bonchev–Trinajstić information content (AvgIpc) is 2.87. The number of rotatable bonds is 3. The number of benzene rings is 3. The van der Waals surface area contributed by atoms with E-state index in [0.717, 1.165) is 0 Å². The molecule has 0 aliphatic carbocycles. The van der Waals surface area contributed by atoms with E-state index in [0.29, 0.717) is 0 Å². The Morgan fingerprint density at radius 1 is 0.333 bits per heavy atom. The van der Waals surface area contributed by atoms with E-state index in [4.69, 9.17) is 11.2 Å². The molecule has 0 saturated carbocycles. The summed E-state index contributed by atoms with van der Waals surface area (Å²) >= 11 is 6.26. The second kappa shape index (κ2) is 11.2. The van der Waals surface area contributed by atoms with Crippen molar-refractivity contribution in [3.63, 3.8) is 0 Å². The maximum atomic E-state index is 15.8. The van der Waals surface area contributed by atoms with Gasteiger partial charge in [-0.2, -0.15) is 0 Å². The molecule has 0 spiro atoms. The maximum absolute atomic E-state index is 15.8. The summed E-state index contributed by atoms with van der Waals surface area (Å²) in [4.78, 5) is 0. The molecular weight excluding hydrogens is 766 g/mol. The topological polar surface area (TPSA) is 0 Å². The van der Waals surface area contributed by atoms with Crippen LogP contribution in [0.1, 0.15) is 37.5 Å². The fourth-order valence-corrected chi connectivity index (χ4v) is 11.9. The van der Waals surface area contributed by atoms with Gasteiger partial charge in [0.1, 0.15) is 0 Å². The van der Waals surface area contributed by atoms with E-state index in [1.54, 1.807) is 0 Å². The van der Waals surface area contributed by atoms with Gasteiger partial charge >= 0.3 is 256 Å². The second-order valence-corrected chi connectivity index (χ2v) is 17.3. The summed E-state index contributed by atoms with van der Waals surface area (Å²) in [5.74, 6) is -53.5. The van der Waals surface area contributed by atoms with Gasteiger partial charge in [0.25, 0.3) is 0 Å². The fourth-order valence-electron chi connectivity index (χ4n) is 5.05. The Morgan fingerprint density at radius 2 is 0.479 bits per heavy atom. The quantitative estimate of drug-likeness (QED) is 0.141. The monoisotopic (exact) mass is 774 g/mol. The van der Waals surface area contributed by atoms with Gasteiger partial charge < -0.3 is 0 Å². The van der Waals surface area contributed by atoms with Crippen molar-refractivity contribution in [1.82, 2.24) is 0 Å². The molecule has 0 saturated heterocycles. The normalized spacial score (nSPS) is 14.4. The van der Waals surface area contributed by atoms with Crippen LogP contribution in [0.4, 0.5) is 92.2 Å². The van der Waals surface area contributed by atoms with Crippen molar-refractivity contribution in [1.29, 1.82) is 0 Å². The summed E-state index contributed by atoms with van der Waals surface area (Å²) in [6.07, 6.45) is -19.5. The molecule has 0 unspecified atom stereocenters. The number of hydrogen-bond acceptors (Lipinski definition) is 0. The van der Waals surface area contributed by atoms with E-state index in [2.05, 4.69) is 0 Å². The Bertz CT molecular complexity index is 1580. The van der Waals surface area contributed by atoms with Gasteiger partial charge in [-0.15, -0.1) is 0 Å². The van der Waals surface area contributed by atoms with Gasteiger partial charge in [0.2, 0.25) is 0 Å². The Kier molecular flexibility index (Phi) is 9.19. The van der Waals surface area contributed by atoms with Crippen molar-refractivity contribution in [3.05, 3.63) is 86.5 Å². The molecule has 3 aromatic rings. The van der Waals surface area contributed by atoms with Gasteiger partial charge in [0.15, 0.2) is 0 Å². The Balaban J connectivity index is 3.10. The minimum atomic E-state index is -8.70. The first kappa shape index (κ1) is 39.3. The van der Waals surface area contributed by atoms with Crippen LogP contribution in [0.3, 0.4) is 0 Å². The van der Waals surface area contributed by atoms with Gasteiger partial charge in [-0.25, -0.2) is 0 Å². The third-order valence-corrected chi connectivity index (χ3v) is 16.4. The van der Waals surface area contributed by atoms with E-state index < -0.39 is 132 Å². The number of halogens is 22. The molecule has 0 aromatic heterocycles. The molecule has 0 fully saturated rings. The second-order valence-electron chi connectivity index (χ2n) is 10.6. The molecule has 0 amide bonds. The molecule has 3 rings (SSSR count). The molecule has 0 aliphatic heterocycles.